The van der Waals surface area contributed by atoms with Gasteiger partial charge in [0.2, 0.25) is 0 Å². The highest BCUT2D eigenvalue weighted by Gasteiger charge is 2.15. The molecule has 0 saturated carbocycles. The fourth-order valence-electron chi connectivity index (χ4n) is 7.37. The predicted molar refractivity (Wildman–Crippen MR) is 237 cm³/mol. The molecular weight excluding hydrogens is 703 g/mol. The number of nitrogens with one attached hydrogen (secondary N) is 1. The third kappa shape index (κ3) is 6.30. The van der Waals surface area contributed by atoms with Gasteiger partial charge in [-0.3, -0.25) is 5.41 Å². The Labute approximate surface area is 327 Å². The number of hydrogen-bond acceptors (Lipinski definition) is 3. The Kier molecular flexibility index (Phi) is 8.47. The van der Waals surface area contributed by atoms with Gasteiger partial charge in [-0.15, -0.1) is 11.3 Å². The first-order valence-electron chi connectivity index (χ1n) is 18.5. The molecule has 5 heteroatoms. The summed E-state index contributed by atoms with van der Waals surface area (Å²) in [7, 11) is 0. The minimum atomic E-state index is 0.157. The van der Waals surface area contributed by atoms with Crippen LogP contribution in [0.25, 0.3) is 75.5 Å². The average Bonchev–Trinajstić information content (AvgIpc) is 3.84. The van der Waals surface area contributed by atoms with E-state index in [9.17, 15) is 5.41 Å². The molecule has 4 nitrogen and oxygen atoms in total. The first kappa shape index (κ1) is 33.4. The molecule has 0 saturated heterocycles. The van der Waals surface area contributed by atoms with Gasteiger partial charge in [-0.05, 0) is 69.3 Å². The van der Waals surface area contributed by atoms with E-state index in [0.29, 0.717) is 5.84 Å². The van der Waals surface area contributed by atoms with E-state index in [1.165, 1.54) is 32.3 Å². The highest BCUT2D eigenvalue weighted by atomic mass is 32.1. The van der Waals surface area contributed by atoms with Crippen molar-refractivity contribution in [3.63, 3.8) is 0 Å². The van der Waals surface area contributed by atoms with Crippen molar-refractivity contribution in [2.75, 3.05) is 0 Å². The molecule has 264 valence electrons. The molecule has 0 amide bonds. The summed E-state index contributed by atoms with van der Waals surface area (Å²) >= 11 is 1.69. The van der Waals surface area contributed by atoms with Crippen LogP contribution in [0.5, 0.6) is 0 Å². The van der Waals surface area contributed by atoms with Crippen molar-refractivity contribution in [2.24, 2.45) is 9.98 Å². The fourth-order valence-corrected chi connectivity index (χ4v) is 8.59. The number of hydrogen-bond donors (Lipinski definition) is 1. The number of aliphatic imine (C=N–C) groups is 2. The van der Waals surface area contributed by atoms with Crippen LogP contribution in [0.4, 0.5) is 0 Å². The maximum Gasteiger partial charge on any atom is 0.161 e. The highest BCUT2D eigenvalue weighted by Crippen LogP contribution is 2.36. The standard InChI is InChI=1S/C51H33N3OS/c52-50(45-14-8-13-44-43-12-5-7-16-48(43)56-49(44)45)54-51(40-29-30-42-41-11-4-6-15-46(41)55-47(42)31-40)53-32-33-17-19-35(20-18-33)37-25-27-39(28-26-37)38-23-21-36(22-24-38)34-9-2-1-3-10-34/h1-32,52H. The molecule has 0 fully saturated rings. The first-order valence-corrected chi connectivity index (χ1v) is 19.4. The molecule has 0 atom stereocenters. The topological polar surface area (TPSA) is 61.7 Å². The second-order valence-electron chi connectivity index (χ2n) is 13.8. The monoisotopic (exact) mass is 735 g/mol. The van der Waals surface area contributed by atoms with Gasteiger partial charge in [-0.1, -0.05) is 158 Å². The highest BCUT2D eigenvalue weighted by molar-refractivity contribution is 7.26. The van der Waals surface area contributed by atoms with Crippen LogP contribution < -0.4 is 0 Å². The van der Waals surface area contributed by atoms with Crippen molar-refractivity contribution in [3.8, 4) is 33.4 Å². The first-order chi connectivity index (χ1) is 27.6. The van der Waals surface area contributed by atoms with E-state index in [-0.39, 0.29) is 5.84 Å². The van der Waals surface area contributed by atoms with Gasteiger partial charge in [0, 0.05) is 48.3 Å². The molecule has 1 N–H and O–H groups in total. The number of fused-ring (bicyclic) bond motifs is 6. The molecule has 10 rings (SSSR count). The number of benzene rings is 8. The molecular formula is C51H33N3OS. The summed E-state index contributed by atoms with van der Waals surface area (Å²) in [5.41, 5.74) is 11.1. The van der Waals surface area contributed by atoms with E-state index in [2.05, 4.69) is 140 Å². The summed E-state index contributed by atoms with van der Waals surface area (Å²) in [6.07, 6.45) is 1.82. The smallest absolute Gasteiger partial charge is 0.161 e. The van der Waals surface area contributed by atoms with Crippen LogP contribution in [-0.2, 0) is 0 Å². The number of para-hydroxylation sites is 1. The summed E-state index contributed by atoms with van der Waals surface area (Å²) in [6, 6.07) is 64.8. The van der Waals surface area contributed by atoms with Crippen LogP contribution in [0.1, 0.15) is 16.7 Å². The maximum absolute atomic E-state index is 9.26. The number of furan rings is 1. The van der Waals surface area contributed by atoms with E-state index in [1.807, 2.05) is 54.7 Å². The molecule has 0 spiro atoms. The summed E-state index contributed by atoms with van der Waals surface area (Å²) in [4.78, 5) is 9.83. The Bertz CT molecular complexity index is 3120. The molecule has 10 aromatic rings. The minimum absolute atomic E-state index is 0.157. The summed E-state index contributed by atoms with van der Waals surface area (Å²) in [5, 5.41) is 13.7. The maximum atomic E-state index is 9.26. The summed E-state index contributed by atoms with van der Waals surface area (Å²) in [6.45, 7) is 0. The van der Waals surface area contributed by atoms with Crippen LogP contribution in [0.3, 0.4) is 0 Å². The second kappa shape index (κ2) is 14.2. The molecule has 0 bridgehead atoms. The molecule has 2 aromatic heterocycles. The van der Waals surface area contributed by atoms with Crippen LogP contribution in [0.15, 0.2) is 202 Å². The largest absolute Gasteiger partial charge is 0.456 e. The fraction of sp³-hybridized carbons (Fsp3) is 0. The molecule has 0 aliphatic rings. The Hall–Kier alpha value is -7.21. The second-order valence-corrected chi connectivity index (χ2v) is 14.8. The zero-order valence-corrected chi connectivity index (χ0v) is 31.0. The number of nitrogens with zero attached hydrogens (tertiary/aromatic N) is 2. The Morgan fingerprint density at radius 2 is 1.04 bits per heavy atom. The average molecular weight is 736 g/mol. The number of amidine groups is 2. The third-order valence-electron chi connectivity index (χ3n) is 10.3. The lowest BCUT2D eigenvalue weighted by molar-refractivity contribution is 0.669. The number of thiophene rings is 1. The van der Waals surface area contributed by atoms with Gasteiger partial charge < -0.3 is 4.42 Å². The van der Waals surface area contributed by atoms with Crippen LogP contribution >= 0.6 is 11.3 Å². The SMILES string of the molecule is N=C(N=C(N=Cc1ccc(-c2ccc(-c3ccc(-c4ccccc4)cc3)cc2)cc1)c1ccc2c(c1)oc1ccccc12)c1cccc2c1sc1ccccc12. The molecule has 8 aromatic carbocycles. The van der Waals surface area contributed by atoms with Crippen molar-refractivity contribution in [2.45, 2.75) is 0 Å². The summed E-state index contributed by atoms with van der Waals surface area (Å²) in [5.74, 6) is 0.594. The molecule has 0 unspecified atom stereocenters. The van der Waals surface area contributed by atoms with Gasteiger partial charge in [-0.25, -0.2) is 9.98 Å². The van der Waals surface area contributed by atoms with Crippen molar-refractivity contribution >= 4 is 71.3 Å². The van der Waals surface area contributed by atoms with E-state index >= 15 is 0 Å². The lowest BCUT2D eigenvalue weighted by Crippen LogP contribution is -2.05. The van der Waals surface area contributed by atoms with Gasteiger partial charge in [0.1, 0.15) is 11.2 Å². The van der Waals surface area contributed by atoms with E-state index < -0.39 is 0 Å². The lowest BCUT2D eigenvalue weighted by Gasteiger charge is -2.07. The molecule has 0 radical (unpaired) electrons. The van der Waals surface area contributed by atoms with E-state index in [1.54, 1.807) is 11.3 Å². The third-order valence-corrected chi connectivity index (χ3v) is 11.5. The Balaban J connectivity index is 0.948. The predicted octanol–water partition coefficient (Wildman–Crippen LogP) is 13.8. The zero-order valence-electron chi connectivity index (χ0n) is 30.2. The number of rotatable bonds is 6. The van der Waals surface area contributed by atoms with Gasteiger partial charge in [0.05, 0.1) is 0 Å². The van der Waals surface area contributed by atoms with Crippen molar-refractivity contribution in [1.82, 2.24) is 0 Å². The van der Waals surface area contributed by atoms with Crippen molar-refractivity contribution in [1.29, 1.82) is 5.41 Å². The normalized spacial score (nSPS) is 12.0. The minimum Gasteiger partial charge on any atom is -0.456 e. The van der Waals surface area contributed by atoms with Crippen LogP contribution in [0.2, 0.25) is 0 Å². The van der Waals surface area contributed by atoms with Gasteiger partial charge in [0.25, 0.3) is 0 Å². The molecule has 0 aliphatic heterocycles. The van der Waals surface area contributed by atoms with Crippen LogP contribution in [-0.4, -0.2) is 17.9 Å². The van der Waals surface area contributed by atoms with E-state index in [0.717, 1.165) is 59.8 Å². The van der Waals surface area contributed by atoms with Crippen molar-refractivity contribution < 1.29 is 4.42 Å². The van der Waals surface area contributed by atoms with Crippen LogP contribution in [0, 0.1) is 5.41 Å². The lowest BCUT2D eigenvalue weighted by atomic mass is 9.98. The molecule has 2 heterocycles. The van der Waals surface area contributed by atoms with Gasteiger partial charge in [0.15, 0.2) is 11.7 Å². The van der Waals surface area contributed by atoms with E-state index in [4.69, 9.17) is 14.4 Å². The van der Waals surface area contributed by atoms with Gasteiger partial charge in [-0.2, -0.15) is 0 Å². The molecule has 0 aliphatic carbocycles. The zero-order chi connectivity index (χ0) is 37.4. The van der Waals surface area contributed by atoms with Gasteiger partial charge >= 0.3 is 0 Å². The summed E-state index contributed by atoms with van der Waals surface area (Å²) < 4.78 is 8.47. The molecule has 56 heavy (non-hydrogen) atoms. The van der Waals surface area contributed by atoms with Crippen molar-refractivity contribution in [3.05, 3.63) is 205 Å². The Morgan fingerprint density at radius 3 is 1.73 bits per heavy atom. The quantitative estimate of drug-likeness (QED) is 0.134. The Morgan fingerprint density at radius 1 is 0.482 bits per heavy atom.